The highest BCUT2D eigenvalue weighted by Gasteiger charge is 2.29. The van der Waals surface area contributed by atoms with Crippen LogP contribution in [0.5, 0.6) is 0 Å². The van der Waals surface area contributed by atoms with Crippen molar-refractivity contribution in [2.24, 2.45) is 0 Å². The largest absolute Gasteiger partial charge is 0.449 e. The average molecular weight is 406 g/mol. The maximum Gasteiger partial charge on any atom is 0.243 e. The number of rotatable bonds is 3. The Bertz CT molecular complexity index is 1310. The molecule has 8 heteroatoms. The lowest BCUT2D eigenvalue weighted by atomic mass is 10.1. The molecule has 0 radical (unpaired) electrons. The summed E-state index contributed by atoms with van der Waals surface area (Å²) in [6, 6.07) is 12.5. The quantitative estimate of drug-likeness (QED) is 0.518. The Morgan fingerprint density at radius 2 is 1.93 bits per heavy atom. The lowest BCUT2D eigenvalue weighted by Gasteiger charge is -2.27. The molecule has 5 rings (SSSR count). The topological polar surface area (TPSA) is 89.2 Å². The Labute approximate surface area is 168 Å². The van der Waals surface area contributed by atoms with Crippen molar-refractivity contribution in [2.45, 2.75) is 24.8 Å². The minimum absolute atomic E-state index is 0.264. The van der Waals surface area contributed by atoms with Gasteiger partial charge in [0.1, 0.15) is 12.0 Å². The first kappa shape index (κ1) is 18.0. The van der Waals surface area contributed by atoms with E-state index in [4.69, 9.17) is 4.42 Å². The van der Waals surface area contributed by atoms with E-state index in [0.29, 0.717) is 36.7 Å². The fraction of sp³-hybridized carbons (Fsp3) is 0.190. The molecule has 1 aliphatic rings. The van der Waals surface area contributed by atoms with Crippen molar-refractivity contribution in [3.05, 3.63) is 72.1 Å². The van der Waals surface area contributed by atoms with Crippen LogP contribution >= 0.6 is 0 Å². The van der Waals surface area contributed by atoms with Gasteiger partial charge in [-0.25, -0.2) is 23.4 Å². The normalized spacial score (nSPS) is 14.8. The molecule has 0 saturated heterocycles. The highest BCUT2D eigenvalue weighted by Crippen LogP contribution is 2.27. The summed E-state index contributed by atoms with van der Waals surface area (Å²) in [6.45, 7) is 2.47. The number of oxazole rings is 1. The Morgan fingerprint density at radius 3 is 2.69 bits per heavy atom. The molecule has 0 N–H and O–H groups in total. The number of nitrogens with zero attached hydrogens (tertiary/aromatic N) is 4. The molecule has 7 nitrogen and oxygen atoms in total. The summed E-state index contributed by atoms with van der Waals surface area (Å²) in [5, 5.41) is 0.915. The van der Waals surface area contributed by atoms with E-state index in [-0.39, 0.29) is 4.90 Å². The Balaban J connectivity index is 1.44. The van der Waals surface area contributed by atoms with Crippen molar-refractivity contribution in [1.29, 1.82) is 0 Å². The first-order valence-electron chi connectivity index (χ1n) is 9.27. The standard InChI is InChI=1S/C21H18N4O3S/c1-14-23-20(13-28-14)15-4-6-18(7-5-15)29(26,27)25-10-8-19-17(12-25)11-16-3-2-9-22-21(16)24-19/h2-7,9,11,13H,8,10,12H2,1H3. The third-order valence-electron chi connectivity index (χ3n) is 5.11. The molecule has 4 heterocycles. The maximum atomic E-state index is 13.2. The minimum atomic E-state index is -3.61. The average Bonchev–Trinajstić information content (AvgIpc) is 3.18. The van der Waals surface area contributed by atoms with Crippen LogP contribution < -0.4 is 0 Å². The second kappa shape index (κ2) is 6.75. The van der Waals surface area contributed by atoms with Gasteiger partial charge in [-0.1, -0.05) is 12.1 Å². The summed E-state index contributed by atoms with van der Waals surface area (Å²) in [5.74, 6) is 0.569. The summed E-state index contributed by atoms with van der Waals surface area (Å²) < 4.78 is 33.1. The number of benzene rings is 1. The molecule has 0 bridgehead atoms. The van der Waals surface area contributed by atoms with E-state index in [1.54, 1.807) is 43.6 Å². The summed E-state index contributed by atoms with van der Waals surface area (Å²) in [4.78, 5) is 13.4. The van der Waals surface area contributed by atoms with Crippen LogP contribution in [0.3, 0.4) is 0 Å². The van der Waals surface area contributed by atoms with Gasteiger partial charge in [-0.05, 0) is 35.9 Å². The van der Waals surface area contributed by atoms with Crippen molar-refractivity contribution in [2.75, 3.05) is 6.54 Å². The molecule has 0 fully saturated rings. The molecule has 0 unspecified atom stereocenters. The summed E-state index contributed by atoms with van der Waals surface area (Å²) in [6.07, 6.45) is 3.84. The summed E-state index contributed by atoms with van der Waals surface area (Å²) in [7, 11) is -3.61. The smallest absolute Gasteiger partial charge is 0.243 e. The highest BCUT2D eigenvalue weighted by atomic mass is 32.2. The van der Waals surface area contributed by atoms with Gasteiger partial charge in [0.05, 0.1) is 4.90 Å². The first-order chi connectivity index (χ1) is 14.0. The van der Waals surface area contributed by atoms with Gasteiger partial charge < -0.3 is 4.42 Å². The van der Waals surface area contributed by atoms with Crippen LogP contribution in [-0.4, -0.2) is 34.2 Å². The van der Waals surface area contributed by atoms with Crippen LogP contribution in [0.2, 0.25) is 0 Å². The minimum Gasteiger partial charge on any atom is -0.449 e. The number of hydrogen-bond acceptors (Lipinski definition) is 6. The Kier molecular flexibility index (Phi) is 4.18. The molecule has 0 aliphatic carbocycles. The van der Waals surface area contributed by atoms with Gasteiger partial charge in [0.15, 0.2) is 11.5 Å². The van der Waals surface area contributed by atoms with Crippen LogP contribution in [0.15, 0.2) is 64.2 Å². The number of aryl methyl sites for hydroxylation is 1. The van der Waals surface area contributed by atoms with Crippen molar-refractivity contribution in [3.8, 4) is 11.3 Å². The van der Waals surface area contributed by atoms with E-state index in [9.17, 15) is 8.42 Å². The fourth-order valence-corrected chi connectivity index (χ4v) is 5.01. The zero-order chi connectivity index (χ0) is 20.0. The molecule has 4 aromatic rings. The predicted octanol–water partition coefficient (Wildman–Crippen LogP) is 3.34. The van der Waals surface area contributed by atoms with Crippen LogP contribution in [0.4, 0.5) is 0 Å². The molecule has 1 aromatic carbocycles. The van der Waals surface area contributed by atoms with E-state index in [2.05, 4.69) is 15.0 Å². The number of fused-ring (bicyclic) bond motifs is 2. The molecule has 29 heavy (non-hydrogen) atoms. The van der Waals surface area contributed by atoms with Gasteiger partial charge >= 0.3 is 0 Å². The van der Waals surface area contributed by atoms with E-state index >= 15 is 0 Å². The second-order valence-corrected chi connectivity index (χ2v) is 8.95. The van der Waals surface area contributed by atoms with E-state index in [1.165, 1.54) is 4.31 Å². The lowest BCUT2D eigenvalue weighted by Crippen LogP contribution is -2.36. The lowest BCUT2D eigenvalue weighted by molar-refractivity contribution is 0.388. The van der Waals surface area contributed by atoms with Crippen LogP contribution in [0, 0.1) is 6.92 Å². The number of pyridine rings is 2. The monoisotopic (exact) mass is 406 g/mol. The second-order valence-electron chi connectivity index (χ2n) is 7.01. The highest BCUT2D eigenvalue weighted by molar-refractivity contribution is 7.89. The molecular formula is C21H18N4O3S. The molecule has 0 amide bonds. The van der Waals surface area contributed by atoms with Gasteiger partial charge in [-0.15, -0.1) is 0 Å². The SMILES string of the molecule is Cc1nc(-c2ccc(S(=O)(=O)N3CCc4nc5ncccc5cc4C3)cc2)co1. The molecule has 1 aliphatic heterocycles. The predicted molar refractivity (Wildman–Crippen MR) is 108 cm³/mol. The third kappa shape index (κ3) is 3.20. The molecule has 0 spiro atoms. The van der Waals surface area contributed by atoms with Crippen LogP contribution in [0.25, 0.3) is 22.3 Å². The molecular weight excluding hydrogens is 388 g/mol. The van der Waals surface area contributed by atoms with Gasteiger partial charge in [-0.2, -0.15) is 4.31 Å². The Hall–Kier alpha value is -3.10. The Morgan fingerprint density at radius 1 is 1.10 bits per heavy atom. The van der Waals surface area contributed by atoms with Crippen molar-refractivity contribution in [3.63, 3.8) is 0 Å². The van der Waals surface area contributed by atoms with E-state index in [0.717, 1.165) is 22.2 Å². The van der Waals surface area contributed by atoms with Gasteiger partial charge in [0.25, 0.3) is 0 Å². The van der Waals surface area contributed by atoms with E-state index < -0.39 is 10.0 Å². The van der Waals surface area contributed by atoms with Crippen LogP contribution in [0.1, 0.15) is 17.1 Å². The maximum absolute atomic E-state index is 13.2. The fourth-order valence-electron chi connectivity index (χ4n) is 3.59. The zero-order valence-corrected chi connectivity index (χ0v) is 16.6. The zero-order valence-electron chi connectivity index (χ0n) is 15.7. The van der Waals surface area contributed by atoms with Gasteiger partial charge in [0.2, 0.25) is 10.0 Å². The number of sulfonamides is 1. The van der Waals surface area contributed by atoms with Crippen molar-refractivity contribution >= 4 is 21.1 Å². The third-order valence-corrected chi connectivity index (χ3v) is 6.97. The molecule has 0 saturated carbocycles. The van der Waals surface area contributed by atoms with Crippen LogP contribution in [-0.2, 0) is 23.0 Å². The van der Waals surface area contributed by atoms with E-state index in [1.807, 2.05) is 18.2 Å². The summed E-state index contributed by atoms with van der Waals surface area (Å²) in [5.41, 5.74) is 4.04. The first-order valence-corrected chi connectivity index (χ1v) is 10.7. The van der Waals surface area contributed by atoms with Crippen molar-refractivity contribution in [1.82, 2.24) is 19.3 Å². The molecule has 146 valence electrons. The summed E-state index contributed by atoms with van der Waals surface area (Å²) >= 11 is 0. The van der Waals surface area contributed by atoms with Gasteiger partial charge in [-0.3, -0.25) is 0 Å². The molecule has 3 aromatic heterocycles. The number of hydrogen-bond donors (Lipinski definition) is 0. The number of aromatic nitrogens is 3. The van der Waals surface area contributed by atoms with Gasteiger partial charge in [0, 0.05) is 49.3 Å². The molecule has 0 atom stereocenters. The van der Waals surface area contributed by atoms with Crippen molar-refractivity contribution < 1.29 is 12.8 Å².